The summed E-state index contributed by atoms with van der Waals surface area (Å²) in [6.07, 6.45) is 0. The number of hydrogen-bond donors (Lipinski definition) is 2. The Bertz CT molecular complexity index is 557. The van der Waals surface area contributed by atoms with Crippen molar-refractivity contribution in [2.45, 2.75) is 13.5 Å². The number of benzene rings is 2. The molecule has 0 amide bonds. The third kappa shape index (κ3) is 4.24. The lowest BCUT2D eigenvalue weighted by atomic mass is 10.2. The quantitative estimate of drug-likeness (QED) is 0.823. The van der Waals surface area contributed by atoms with Crippen molar-refractivity contribution in [3.63, 3.8) is 0 Å². The van der Waals surface area contributed by atoms with Crippen LogP contribution in [0.25, 0.3) is 0 Å². The van der Waals surface area contributed by atoms with E-state index in [1.165, 1.54) is 0 Å². The third-order valence-corrected chi connectivity index (χ3v) is 2.96. The topological polar surface area (TPSA) is 33.3 Å². The van der Waals surface area contributed by atoms with Crippen LogP contribution in [0.3, 0.4) is 0 Å². The molecule has 2 aromatic rings. The summed E-state index contributed by atoms with van der Waals surface area (Å²) in [6, 6.07) is 17.9. The van der Waals surface area contributed by atoms with Gasteiger partial charge in [-0.05, 0) is 36.8 Å². The van der Waals surface area contributed by atoms with E-state index < -0.39 is 0 Å². The van der Waals surface area contributed by atoms with Crippen molar-refractivity contribution < 1.29 is 4.74 Å². The van der Waals surface area contributed by atoms with E-state index in [0.717, 1.165) is 23.5 Å². The summed E-state index contributed by atoms with van der Waals surface area (Å²) in [5.74, 6) is 0.789. The standard InChI is InChI=1S/C16H18N2OS/c1-2-17-16(20)18-14-10-6-7-11-15(14)19-12-13-8-4-3-5-9-13/h3-11H,2,12H2,1H3,(H2,17,18,20). The lowest BCUT2D eigenvalue weighted by Gasteiger charge is -2.14. The largest absolute Gasteiger partial charge is 0.487 e. The van der Waals surface area contributed by atoms with Crippen LogP contribution >= 0.6 is 12.2 Å². The van der Waals surface area contributed by atoms with E-state index in [1.54, 1.807) is 0 Å². The Morgan fingerprint density at radius 3 is 2.50 bits per heavy atom. The van der Waals surface area contributed by atoms with Gasteiger partial charge >= 0.3 is 0 Å². The maximum Gasteiger partial charge on any atom is 0.170 e. The predicted octanol–water partition coefficient (Wildman–Crippen LogP) is 3.57. The van der Waals surface area contributed by atoms with Gasteiger partial charge in [0.2, 0.25) is 0 Å². The van der Waals surface area contributed by atoms with Crippen molar-refractivity contribution in [1.82, 2.24) is 5.32 Å². The number of anilines is 1. The van der Waals surface area contributed by atoms with Gasteiger partial charge in [0.15, 0.2) is 5.11 Å². The lowest BCUT2D eigenvalue weighted by molar-refractivity contribution is 0.308. The molecular weight excluding hydrogens is 268 g/mol. The Morgan fingerprint density at radius 1 is 1.05 bits per heavy atom. The van der Waals surface area contributed by atoms with Crippen LogP contribution < -0.4 is 15.4 Å². The fraction of sp³-hybridized carbons (Fsp3) is 0.188. The van der Waals surface area contributed by atoms with Crippen LogP contribution in [0.15, 0.2) is 54.6 Å². The van der Waals surface area contributed by atoms with E-state index in [-0.39, 0.29) is 0 Å². The van der Waals surface area contributed by atoms with E-state index in [1.807, 2.05) is 61.5 Å². The average molecular weight is 286 g/mol. The van der Waals surface area contributed by atoms with Crippen molar-refractivity contribution >= 4 is 23.0 Å². The summed E-state index contributed by atoms with van der Waals surface area (Å²) in [4.78, 5) is 0. The first-order valence-corrected chi connectivity index (χ1v) is 7.01. The van der Waals surface area contributed by atoms with Crippen molar-refractivity contribution in [2.24, 2.45) is 0 Å². The van der Waals surface area contributed by atoms with Gasteiger partial charge in [-0.1, -0.05) is 42.5 Å². The lowest BCUT2D eigenvalue weighted by Crippen LogP contribution is -2.28. The van der Waals surface area contributed by atoms with Gasteiger partial charge in [0.05, 0.1) is 5.69 Å². The molecule has 0 atom stereocenters. The molecule has 2 rings (SSSR count). The molecule has 2 N–H and O–H groups in total. The number of ether oxygens (including phenoxy) is 1. The molecule has 0 saturated carbocycles. The van der Waals surface area contributed by atoms with Gasteiger partial charge in [-0.3, -0.25) is 0 Å². The molecule has 0 unspecified atom stereocenters. The second-order valence-electron chi connectivity index (χ2n) is 4.25. The summed E-state index contributed by atoms with van der Waals surface area (Å²) in [6.45, 7) is 3.33. The van der Waals surface area contributed by atoms with Gasteiger partial charge in [0, 0.05) is 6.54 Å². The molecule has 0 radical (unpaired) electrons. The number of thiocarbonyl (C=S) groups is 1. The van der Waals surface area contributed by atoms with Gasteiger partial charge in [0.25, 0.3) is 0 Å². The highest BCUT2D eigenvalue weighted by Gasteiger charge is 2.04. The molecule has 0 aliphatic heterocycles. The second kappa shape index (κ2) is 7.50. The zero-order valence-corrected chi connectivity index (χ0v) is 12.2. The molecule has 0 aromatic heterocycles. The highest BCUT2D eigenvalue weighted by molar-refractivity contribution is 7.80. The van der Waals surface area contributed by atoms with E-state index >= 15 is 0 Å². The molecule has 20 heavy (non-hydrogen) atoms. The number of hydrogen-bond acceptors (Lipinski definition) is 2. The SMILES string of the molecule is CCNC(=S)Nc1ccccc1OCc1ccccc1. The van der Waals surface area contributed by atoms with Crippen LogP contribution in [-0.2, 0) is 6.61 Å². The van der Waals surface area contributed by atoms with Gasteiger partial charge < -0.3 is 15.4 Å². The van der Waals surface area contributed by atoms with E-state index in [0.29, 0.717) is 11.7 Å². The molecular formula is C16H18N2OS. The van der Waals surface area contributed by atoms with Crippen LogP contribution in [0.1, 0.15) is 12.5 Å². The highest BCUT2D eigenvalue weighted by atomic mass is 32.1. The molecule has 0 saturated heterocycles. The van der Waals surface area contributed by atoms with Crippen LogP contribution in [0.2, 0.25) is 0 Å². The Balaban J connectivity index is 2.02. The molecule has 2 aromatic carbocycles. The van der Waals surface area contributed by atoms with Gasteiger partial charge in [0.1, 0.15) is 12.4 Å². The summed E-state index contributed by atoms with van der Waals surface area (Å²) in [7, 11) is 0. The van der Waals surface area contributed by atoms with Crippen LogP contribution in [0.5, 0.6) is 5.75 Å². The molecule has 0 aliphatic carbocycles. The average Bonchev–Trinajstić information content (AvgIpc) is 2.48. The first-order valence-electron chi connectivity index (χ1n) is 6.60. The molecule has 0 bridgehead atoms. The Morgan fingerprint density at radius 2 is 1.75 bits per heavy atom. The zero-order chi connectivity index (χ0) is 14.2. The zero-order valence-electron chi connectivity index (χ0n) is 11.4. The third-order valence-electron chi connectivity index (χ3n) is 2.71. The molecule has 0 aliphatic rings. The smallest absolute Gasteiger partial charge is 0.170 e. The summed E-state index contributed by atoms with van der Waals surface area (Å²) < 4.78 is 5.85. The van der Waals surface area contributed by atoms with Crippen molar-refractivity contribution in [3.8, 4) is 5.75 Å². The summed E-state index contributed by atoms with van der Waals surface area (Å²) in [5.41, 5.74) is 2.01. The Hall–Kier alpha value is -2.07. The van der Waals surface area contributed by atoms with Gasteiger partial charge in [-0.15, -0.1) is 0 Å². The minimum atomic E-state index is 0.535. The van der Waals surface area contributed by atoms with Gasteiger partial charge in [-0.2, -0.15) is 0 Å². The molecule has 0 heterocycles. The second-order valence-corrected chi connectivity index (χ2v) is 4.66. The Kier molecular flexibility index (Phi) is 5.38. The number of nitrogens with one attached hydrogen (secondary N) is 2. The van der Waals surface area contributed by atoms with E-state index in [4.69, 9.17) is 17.0 Å². The first kappa shape index (κ1) is 14.3. The molecule has 3 nitrogen and oxygen atoms in total. The first-order chi connectivity index (χ1) is 9.79. The monoisotopic (exact) mass is 286 g/mol. The summed E-state index contributed by atoms with van der Waals surface area (Å²) in [5, 5.41) is 6.80. The maximum atomic E-state index is 5.85. The maximum absolute atomic E-state index is 5.85. The van der Waals surface area contributed by atoms with Crippen LogP contribution in [0.4, 0.5) is 5.69 Å². The number of para-hydroxylation sites is 2. The van der Waals surface area contributed by atoms with E-state index in [9.17, 15) is 0 Å². The fourth-order valence-corrected chi connectivity index (χ4v) is 2.01. The summed E-state index contributed by atoms with van der Waals surface area (Å²) >= 11 is 5.19. The number of rotatable bonds is 5. The van der Waals surface area contributed by atoms with Crippen LogP contribution in [-0.4, -0.2) is 11.7 Å². The molecule has 104 valence electrons. The van der Waals surface area contributed by atoms with Crippen molar-refractivity contribution in [3.05, 3.63) is 60.2 Å². The predicted molar refractivity (Wildman–Crippen MR) is 87.1 cm³/mol. The minimum Gasteiger partial charge on any atom is -0.487 e. The fourth-order valence-electron chi connectivity index (χ4n) is 1.76. The molecule has 0 fully saturated rings. The van der Waals surface area contributed by atoms with Gasteiger partial charge in [-0.25, -0.2) is 0 Å². The van der Waals surface area contributed by atoms with Crippen molar-refractivity contribution in [2.75, 3.05) is 11.9 Å². The molecule has 4 heteroatoms. The highest BCUT2D eigenvalue weighted by Crippen LogP contribution is 2.24. The minimum absolute atomic E-state index is 0.535. The Labute approximate surface area is 125 Å². The molecule has 0 spiro atoms. The van der Waals surface area contributed by atoms with Crippen molar-refractivity contribution in [1.29, 1.82) is 0 Å². The van der Waals surface area contributed by atoms with E-state index in [2.05, 4.69) is 10.6 Å². The van der Waals surface area contributed by atoms with Crippen LogP contribution in [0, 0.1) is 0 Å². The normalized spacial score (nSPS) is 9.85.